The van der Waals surface area contributed by atoms with Crippen LogP contribution in [-0.4, -0.2) is 23.2 Å². The van der Waals surface area contributed by atoms with Crippen LogP contribution in [0.1, 0.15) is 29.2 Å². The predicted molar refractivity (Wildman–Crippen MR) is 85.6 cm³/mol. The molecule has 0 amide bonds. The zero-order valence-electron chi connectivity index (χ0n) is 12.7. The molecule has 1 unspecified atom stereocenters. The summed E-state index contributed by atoms with van der Waals surface area (Å²) in [5.41, 5.74) is 3.23. The van der Waals surface area contributed by atoms with E-state index in [1.165, 1.54) is 0 Å². The summed E-state index contributed by atoms with van der Waals surface area (Å²) >= 11 is 0. The number of aliphatic carboxylic acids is 1. The molecule has 2 aromatic carbocycles. The first-order valence-electron chi connectivity index (χ1n) is 7.41. The quantitative estimate of drug-likeness (QED) is 0.824. The zero-order valence-corrected chi connectivity index (χ0v) is 12.7. The van der Waals surface area contributed by atoms with Gasteiger partial charge in [-0.05, 0) is 41.2 Å². The summed E-state index contributed by atoms with van der Waals surface area (Å²) in [7, 11) is -1.12. The number of fused-ring (bicyclic) bond motifs is 1. The van der Waals surface area contributed by atoms with Crippen LogP contribution in [-0.2, 0) is 16.1 Å². The number of carboxylic acid groups (broad SMARTS) is 1. The summed E-state index contributed by atoms with van der Waals surface area (Å²) in [5, 5.41) is 19.0. The van der Waals surface area contributed by atoms with Gasteiger partial charge in [0.25, 0.3) is 0 Å². The number of rotatable bonds is 5. The molecule has 0 aromatic heterocycles. The van der Waals surface area contributed by atoms with Crippen LogP contribution in [0.2, 0.25) is 0 Å². The summed E-state index contributed by atoms with van der Waals surface area (Å²) in [6.07, 6.45) is -0.796. The van der Waals surface area contributed by atoms with Gasteiger partial charge in [-0.3, -0.25) is 4.79 Å². The van der Waals surface area contributed by atoms with Crippen molar-refractivity contribution in [1.82, 2.24) is 0 Å². The minimum atomic E-state index is -1.12. The molecule has 23 heavy (non-hydrogen) atoms. The molecule has 6 heteroatoms. The molecular formula is C17H17BO5. The van der Waals surface area contributed by atoms with E-state index in [2.05, 4.69) is 0 Å². The normalized spacial score (nSPS) is 16.3. The van der Waals surface area contributed by atoms with Crippen LogP contribution in [0, 0.1) is 6.92 Å². The second-order valence-corrected chi connectivity index (χ2v) is 5.59. The van der Waals surface area contributed by atoms with E-state index in [1.807, 2.05) is 43.3 Å². The molecule has 0 aliphatic carbocycles. The van der Waals surface area contributed by atoms with E-state index in [1.54, 1.807) is 6.07 Å². The standard InChI is InChI=1S/C17H17BO5/c1-11-7-13(22-10-12-5-3-2-4-6-12)8-14-17(11)15(9-16(19)20)23-18(14)21/h2-8,15,21H,9-10H2,1H3,(H,19,20). The SMILES string of the molecule is Cc1cc(OCc2ccccc2)cc2c1C(CC(=O)O)OB2O. The second-order valence-electron chi connectivity index (χ2n) is 5.59. The second kappa shape index (κ2) is 6.44. The van der Waals surface area contributed by atoms with Gasteiger partial charge < -0.3 is 19.5 Å². The third-order valence-electron chi connectivity index (χ3n) is 3.88. The number of ether oxygens (including phenoxy) is 1. The monoisotopic (exact) mass is 312 g/mol. The minimum Gasteiger partial charge on any atom is -0.489 e. The van der Waals surface area contributed by atoms with Gasteiger partial charge in [0.2, 0.25) is 0 Å². The van der Waals surface area contributed by atoms with E-state index in [9.17, 15) is 9.82 Å². The number of hydrogen-bond donors (Lipinski definition) is 2. The molecule has 118 valence electrons. The fourth-order valence-corrected chi connectivity index (χ4v) is 2.87. The van der Waals surface area contributed by atoms with E-state index < -0.39 is 19.2 Å². The highest BCUT2D eigenvalue weighted by atomic mass is 16.5. The first-order chi connectivity index (χ1) is 11.0. The van der Waals surface area contributed by atoms with Crippen molar-refractivity contribution in [2.75, 3.05) is 0 Å². The fourth-order valence-electron chi connectivity index (χ4n) is 2.87. The van der Waals surface area contributed by atoms with E-state index in [0.717, 1.165) is 16.7 Å². The van der Waals surface area contributed by atoms with Gasteiger partial charge in [0, 0.05) is 0 Å². The average Bonchev–Trinajstić information content (AvgIpc) is 2.82. The van der Waals surface area contributed by atoms with Crippen molar-refractivity contribution in [2.24, 2.45) is 0 Å². The Morgan fingerprint density at radius 2 is 2.04 bits per heavy atom. The molecule has 3 rings (SSSR count). The lowest BCUT2D eigenvalue weighted by Crippen LogP contribution is -2.28. The van der Waals surface area contributed by atoms with Crippen molar-refractivity contribution < 1.29 is 24.3 Å². The molecule has 0 saturated heterocycles. The van der Waals surface area contributed by atoms with Gasteiger partial charge in [-0.25, -0.2) is 0 Å². The van der Waals surface area contributed by atoms with Crippen LogP contribution in [0.3, 0.4) is 0 Å². The van der Waals surface area contributed by atoms with Crippen LogP contribution < -0.4 is 10.2 Å². The van der Waals surface area contributed by atoms with Crippen molar-refractivity contribution in [3.63, 3.8) is 0 Å². The lowest BCUT2D eigenvalue weighted by molar-refractivity contribution is -0.138. The van der Waals surface area contributed by atoms with Gasteiger partial charge in [0.05, 0.1) is 12.5 Å². The molecule has 1 aliphatic heterocycles. The minimum absolute atomic E-state index is 0.172. The Bertz CT molecular complexity index is 716. The Labute approximate surface area is 134 Å². The maximum absolute atomic E-state index is 10.9. The highest BCUT2D eigenvalue weighted by Crippen LogP contribution is 2.31. The molecule has 0 fully saturated rings. The van der Waals surface area contributed by atoms with Gasteiger partial charge in [-0.1, -0.05) is 30.3 Å². The van der Waals surface area contributed by atoms with Gasteiger partial charge in [0.1, 0.15) is 12.4 Å². The van der Waals surface area contributed by atoms with Crippen molar-refractivity contribution in [3.8, 4) is 5.75 Å². The van der Waals surface area contributed by atoms with Gasteiger partial charge in [-0.2, -0.15) is 0 Å². The maximum atomic E-state index is 10.9. The molecule has 0 bridgehead atoms. The van der Waals surface area contributed by atoms with Crippen molar-refractivity contribution >= 4 is 18.6 Å². The zero-order chi connectivity index (χ0) is 16.4. The number of aryl methyl sites for hydroxylation is 1. The molecule has 5 nitrogen and oxygen atoms in total. The predicted octanol–water partition coefficient (Wildman–Crippen LogP) is 1.81. The summed E-state index contributed by atoms with van der Waals surface area (Å²) < 4.78 is 11.1. The van der Waals surface area contributed by atoms with Crippen LogP contribution in [0.4, 0.5) is 0 Å². The number of hydrogen-bond acceptors (Lipinski definition) is 4. The number of benzene rings is 2. The van der Waals surface area contributed by atoms with Crippen LogP contribution in [0.15, 0.2) is 42.5 Å². The molecule has 2 N–H and O–H groups in total. The maximum Gasteiger partial charge on any atom is 0.492 e. The van der Waals surface area contributed by atoms with Crippen LogP contribution in [0.5, 0.6) is 5.75 Å². The highest BCUT2D eigenvalue weighted by Gasteiger charge is 2.37. The molecule has 1 heterocycles. The lowest BCUT2D eigenvalue weighted by atomic mass is 9.77. The Kier molecular flexibility index (Phi) is 4.36. The fraction of sp³-hybridized carbons (Fsp3) is 0.235. The van der Waals surface area contributed by atoms with Crippen molar-refractivity contribution in [3.05, 3.63) is 59.2 Å². The smallest absolute Gasteiger partial charge is 0.489 e. The molecule has 0 spiro atoms. The van der Waals surface area contributed by atoms with Crippen LogP contribution >= 0.6 is 0 Å². The molecule has 1 atom stereocenters. The Morgan fingerprint density at radius 1 is 1.30 bits per heavy atom. The summed E-state index contributed by atoms with van der Waals surface area (Å²) in [6.45, 7) is 2.29. The first-order valence-corrected chi connectivity index (χ1v) is 7.41. The molecular weight excluding hydrogens is 295 g/mol. The Balaban J connectivity index is 1.81. The number of carbonyl (C=O) groups is 1. The van der Waals surface area contributed by atoms with E-state index in [4.69, 9.17) is 14.5 Å². The third kappa shape index (κ3) is 3.38. The average molecular weight is 312 g/mol. The third-order valence-corrected chi connectivity index (χ3v) is 3.88. The lowest BCUT2D eigenvalue weighted by Gasteiger charge is -2.14. The molecule has 0 radical (unpaired) electrons. The Morgan fingerprint density at radius 3 is 2.74 bits per heavy atom. The van der Waals surface area contributed by atoms with Gasteiger partial charge in [0.15, 0.2) is 0 Å². The largest absolute Gasteiger partial charge is 0.492 e. The van der Waals surface area contributed by atoms with E-state index >= 15 is 0 Å². The molecule has 0 saturated carbocycles. The van der Waals surface area contributed by atoms with Gasteiger partial charge in [-0.15, -0.1) is 0 Å². The van der Waals surface area contributed by atoms with E-state index in [-0.39, 0.29) is 6.42 Å². The topological polar surface area (TPSA) is 76.0 Å². The first kappa shape index (κ1) is 15.6. The molecule has 2 aromatic rings. The van der Waals surface area contributed by atoms with E-state index in [0.29, 0.717) is 17.8 Å². The number of carboxylic acids is 1. The summed E-state index contributed by atoms with van der Waals surface area (Å²) in [5.74, 6) is -0.331. The highest BCUT2D eigenvalue weighted by molar-refractivity contribution is 6.62. The molecule has 1 aliphatic rings. The summed E-state index contributed by atoms with van der Waals surface area (Å²) in [6, 6.07) is 13.3. The van der Waals surface area contributed by atoms with Gasteiger partial charge >= 0.3 is 13.1 Å². The summed E-state index contributed by atoms with van der Waals surface area (Å²) in [4.78, 5) is 10.9. The van der Waals surface area contributed by atoms with Crippen molar-refractivity contribution in [2.45, 2.75) is 26.1 Å². The van der Waals surface area contributed by atoms with Crippen LogP contribution in [0.25, 0.3) is 0 Å². The Hall–Kier alpha value is -2.31. The van der Waals surface area contributed by atoms with Crippen molar-refractivity contribution in [1.29, 1.82) is 0 Å².